The molecule has 0 radical (unpaired) electrons. The van der Waals surface area contributed by atoms with Gasteiger partial charge in [-0.15, -0.1) is 0 Å². The van der Waals surface area contributed by atoms with E-state index in [1.165, 1.54) is 18.3 Å². The summed E-state index contributed by atoms with van der Waals surface area (Å²) in [5.41, 5.74) is 2.43. The average Bonchev–Trinajstić information content (AvgIpc) is 3.06. The van der Waals surface area contributed by atoms with Gasteiger partial charge in [0.2, 0.25) is 0 Å². The number of rotatable bonds is 5. The van der Waals surface area contributed by atoms with Crippen LogP contribution in [0.4, 0.5) is 0 Å². The van der Waals surface area contributed by atoms with Crippen molar-refractivity contribution in [2.75, 3.05) is 13.2 Å². The molecule has 0 bridgehead atoms. The van der Waals surface area contributed by atoms with Gasteiger partial charge in [-0.1, -0.05) is 18.2 Å². The summed E-state index contributed by atoms with van der Waals surface area (Å²) in [5.74, 6) is -2.84. The maximum absolute atomic E-state index is 11.6. The van der Waals surface area contributed by atoms with Crippen molar-refractivity contribution >= 4 is 24.0 Å². The van der Waals surface area contributed by atoms with Crippen LogP contribution in [0.3, 0.4) is 0 Å². The molecule has 2 rings (SSSR count). The van der Waals surface area contributed by atoms with Gasteiger partial charge in [0.25, 0.3) is 0 Å². The van der Waals surface area contributed by atoms with Crippen LogP contribution in [-0.2, 0) is 14.3 Å². The average molecular weight is 319 g/mol. The topological polar surface area (TPSA) is 117 Å². The Hall–Kier alpha value is -2.74. The molecule has 1 aliphatic rings. The van der Waals surface area contributed by atoms with Crippen LogP contribution in [0.2, 0.25) is 0 Å². The standard InChI is InChI=1S/C15H17N3O5/c19-13(16-9-11-5-3-7-23-11)14(20)18-17-8-10-4-1-2-6-12(10)15(21)22/h1-2,4,6,8,11H,3,5,7,9H2,(H,16,19)(H,18,20)(H,21,22)/b17-8-/t11-/m1/s1. The number of hydrogen-bond donors (Lipinski definition) is 3. The molecule has 1 aliphatic heterocycles. The van der Waals surface area contributed by atoms with E-state index in [9.17, 15) is 14.4 Å². The van der Waals surface area contributed by atoms with Crippen LogP contribution in [0, 0.1) is 0 Å². The zero-order valence-corrected chi connectivity index (χ0v) is 12.3. The van der Waals surface area contributed by atoms with Gasteiger partial charge in [0, 0.05) is 18.7 Å². The minimum absolute atomic E-state index is 0.0494. The zero-order chi connectivity index (χ0) is 16.7. The van der Waals surface area contributed by atoms with Gasteiger partial charge < -0.3 is 15.2 Å². The van der Waals surface area contributed by atoms with Crippen LogP contribution in [0.25, 0.3) is 0 Å². The Morgan fingerprint density at radius 2 is 2.09 bits per heavy atom. The van der Waals surface area contributed by atoms with Crippen LogP contribution in [-0.4, -0.2) is 48.4 Å². The second-order valence-electron chi connectivity index (χ2n) is 4.94. The number of carboxylic acids is 1. The normalized spacial score (nSPS) is 17.1. The third-order valence-electron chi connectivity index (χ3n) is 3.28. The first-order valence-corrected chi connectivity index (χ1v) is 7.13. The zero-order valence-electron chi connectivity index (χ0n) is 12.3. The van der Waals surface area contributed by atoms with E-state index in [1.54, 1.807) is 12.1 Å². The summed E-state index contributed by atoms with van der Waals surface area (Å²) in [7, 11) is 0. The van der Waals surface area contributed by atoms with Gasteiger partial charge in [-0.2, -0.15) is 5.10 Å². The quantitative estimate of drug-likeness (QED) is 0.405. The number of aromatic carboxylic acids is 1. The Morgan fingerprint density at radius 3 is 2.78 bits per heavy atom. The number of amides is 2. The SMILES string of the molecule is O=C(NC[C@H]1CCCO1)C(=O)N/N=C\c1ccccc1C(=O)O. The predicted molar refractivity (Wildman–Crippen MR) is 81.1 cm³/mol. The van der Waals surface area contributed by atoms with Gasteiger partial charge >= 0.3 is 17.8 Å². The van der Waals surface area contributed by atoms with E-state index in [1.807, 2.05) is 0 Å². The molecule has 1 heterocycles. The Labute approximate surface area is 132 Å². The summed E-state index contributed by atoms with van der Waals surface area (Å²) in [6.07, 6.45) is 2.92. The molecule has 23 heavy (non-hydrogen) atoms. The van der Waals surface area contributed by atoms with Gasteiger partial charge in [0.05, 0.1) is 17.9 Å². The summed E-state index contributed by atoms with van der Waals surface area (Å²) < 4.78 is 5.33. The van der Waals surface area contributed by atoms with E-state index in [0.717, 1.165) is 12.8 Å². The van der Waals surface area contributed by atoms with E-state index in [2.05, 4.69) is 15.8 Å². The van der Waals surface area contributed by atoms with Crippen molar-refractivity contribution in [3.63, 3.8) is 0 Å². The molecule has 8 heteroatoms. The van der Waals surface area contributed by atoms with Crippen molar-refractivity contribution in [1.29, 1.82) is 0 Å². The number of nitrogens with one attached hydrogen (secondary N) is 2. The lowest BCUT2D eigenvalue weighted by atomic mass is 10.1. The predicted octanol–water partition coefficient (Wildman–Crippen LogP) is 0.130. The monoisotopic (exact) mass is 319 g/mol. The molecule has 0 aromatic heterocycles. The van der Waals surface area contributed by atoms with Gasteiger partial charge in [-0.05, 0) is 18.9 Å². The highest BCUT2D eigenvalue weighted by atomic mass is 16.5. The van der Waals surface area contributed by atoms with E-state index >= 15 is 0 Å². The van der Waals surface area contributed by atoms with E-state index in [-0.39, 0.29) is 18.2 Å². The van der Waals surface area contributed by atoms with Gasteiger partial charge in [-0.25, -0.2) is 10.2 Å². The highest BCUT2D eigenvalue weighted by Crippen LogP contribution is 2.10. The van der Waals surface area contributed by atoms with Crippen molar-refractivity contribution in [2.45, 2.75) is 18.9 Å². The molecule has 1 fully saturated rings. The molecule has 0 spiro atoms. The highest BCUT2D eigenvalue weighted by molar-refractivity contribution is 6.35. The molecule has 1 atom stereocenters. The third kappa shape index (κ3) is 4.89. The number of hydrazone groups is 1. The lowest BCUT2D eigenvalue weighted by molar-refractivity contribution is -0.139. The number of carbonyl (C=O) groups is 3. The number of carbonyl (C=O) groups excluding carboxylic acids is 2. The summed E-state index contributed by atoms with van der Waals surface area (Å²) >= 11 is 0. The van der Waals surface area contributed by atoms with Crippen molar-refractivity contribution in [3.8, 4) is 0 Å². The first kappa shape index (κ1) is 16.6. The van der Waals surface area contributed by atoms with Gasteiger partial charge in [-0.3, -0.25) is 9.59 Å². The van der Waals surface area contributed by atoms with E-state index < -0.39 is 17.8 Å². The molecule has 0 unspecified atom stereocenters. The van der Waals surface area contributed by atoms with Crippen molar-refractivity contribution in [1.82, 2.24) is 10.7 Å². The summed E-state index contributed by atoms with van der Waals surface area (Å²) in [4.78, 5) is 34.1. The smallest absolute Gasteiger partial charge is 0.336 e. The Bertz CT molecular complexity index is 623. The summed E-state index contributed by atoms with van der Waals surface area (Å²) in [5, 5.41) is 15.1. The summed E-state index contributed by atoms with van der Waals surface area (Å²) in [6, 6.07) is 6.18. The van der Waals surface area contributed by atoms with Crippen LogP contribution in [0.15, 0.2) is 29.4 Å². The Balaban J connectivity index is 1.83. The molecular weight excluding hydrogens is 302 g/mol. The van der Waals surface area contributed by atoms with Gasteiger partial charge in [0.15, 0.2) is 0 Å². The molecule has 2 amide bonds. The van der Waals surface area contributed by atoms with E-state index in [4.69, 9.17) is 9.84 Å². The molecule has 1 aromatic carbocycles. The molecule has 122 valence electrons. The lowest BCUT2D eigenvalue weighted by Crippen LogP contribution is -2.41. The number of hydrogen-bond acceptors (Lipinski definition) is 5. The van der Waals surface area contributed by atoms with Crippen LogP contribution >= 0.6 is 0 Å². The van der Waals surface area contributed by atoms with E-state index in [0.29, 0.717) is 12.2 Å². The summed E-state index contributed by atoms with van der Waals surface area (Å²) in [6.45, 7) is 0.942. The molecular formula is C15H17N3O5. The fourth-order valence-electron chi connectivity index (χ4n) is 2.11. The van der Waals surface area contributed by atoms with Gasteiger partial charge in [0.1, 0.15) is 0 Å². The first-order chi connectivity index (χ1) is 11.1. The lowest BCUT2D eigenvalue weighted by Gasteiger charge is -2.09. The molecule has 8 nitrogen and oxygen atoms in total. The number of ether oxygens (including phenoxy) is 1. The van der Waals surface area contributed by atoms with Crippen molar-refractivity contribution in [2.24, 2.45) is 5.10 Å². The molecule has 1 aromatic rings. The number of nitrogens with zero attached hydrogens (tertiary/aromatic N) is 1. The van der Waals surface area contributed by atoms with Crippen LogP contribution in [0.1, 0.15) is 28.8 Å². The molecule has 0 aliphatic carbocycles. The van der Waals surface area contributed by atoms with Crippen LogP contribution < -0.4 is 10.7 Å². The Kier molecular flexibility index (Phi) is 5.81. The van der Waals surface area contributed by atoms with Crippen LogP contribution in [0.5, 0.6) is 0 Å². The molecule has 0 saturated carbocycles. The first-order valence-electron chi connectivity index (χ1n) is 7.13. The number of carboxylic acid groups (broad SMARTS) is 1. The second-order valence-corrected chi connectivity index (χ2v) is 4.94. The third-order valence-corrected chi connectivity index (χ3v) is 3.28. The maximum atomic E-state index is 11.6. The van der Waals surface area contributed by atoms with Crippen molar-refractivity contribution in [3.05, 3.63) is 35.4 Å². The highest BCUT2D eigenvalue weighted by Gasteiger charge is 2.19. The molecule has 3 N–H and O–H groups in total. The minimum atomic E-state index is -1.10. The maximum Gasteiger partial charge on any atom is 0.336 e. The number of benzene rings is 1. The second kappa shape index (κ2) is 8.04. The Morgan fingerprint density at radius 1 is 1.30 bits per heavy atom. The van der Waals surface area contributed by atoms with Crippen molar-refractivity contribution < 1.29 is 24.2 Å². The fraction of sp³-hybridized carbons (Fsp3) is 0.333. The minimum Gasteiger partial charge on any atom is -0.478 e. The fourth-order valence-corrected chi connectivity index (χ4v) is 2.11. The molecule has 1 saturated heterocycles. The largest absolute Gasteiger partial charge is 0.478 e.